The number of likely N-dealkylation sites (tertiary alicyclic amines) is 1. The molecule has 4 heterocycles. The first-order valence-corrected chi connectivity index (χ1v) is 11.4. The highest BCUT2D eigenvalue weighted by atomic mass is 16.6. The molecule has 0 radical (unpaired) electrons. The normalized spacial score (nSPS) is 16.7. The minimum absolute atomic E-state index is 0.0866. The average Bonchev–Trinajstić information content (AvgIpc) is 3.38. The largest absolute Gasteiger partial charge is 0.496 e. The number of ether oxygens (including phenoxy) is 2. The topological polar surface area (TPSA) is 101 Å². The molecule has 4 rings (SSSR count). The third-order valence-electron chi connectivity index (χ3n) is 5.69. The van der Waals surface area contributed by atoms with Gasteiger partial charge in [0.15, 0.2) is 0 Å². The van der Waals surface area contributed by atoms with Gasteiger partial charge in [-0.05, 0) is 53.2 Å². The van der Waals surface area contributed by atoms with E-state index in [0.29, 0.717) is 30.0 Å². The summed E-state index contributed by atoms with van der Waals surface area (Å²) in [6.07, 6.45) is 4.13. The molecule has 1 atom stereocenters. The Morgan fingerprint density at radius 3 is 2.68 bits per heavy atom. The number of fused-ring (bicyclic) bond motifs is 1. The molecule has 3 aromatic rings. The molecule has 0 bridgehead atoms. The minimum Gasteiger partial charge on any atom is -0.496 e. The summed E-state index contributed by atoms with van der Waals surface area (Å²) in [6, 6.07) is 7.66. The lowest BCUT2D eigenvalue weighted by atomic mass is 9.99. The van der Waals surface area contributed by atoms with Gasteiger partial charge in [-0.2, -0.15) is 0 Å². The number of aliphatic hydroxyl groups is 1. The van der Waals surface area contributed by atoms with Gasteiger partial charge in [0.05, 0.1) is 30.3 Å². The maximum absolute atomic E-state index is 12.4. The molecule has 1 fully saturated rings. The number of pyridine rings is 2. The molecule has 34 heavy (non-hydrogen) atoms. The molecular formula is C25H33N5O4. The highest BCUT2D eigenvalue weighted by molar-refractivity contribution is 5.69. The fraction of sp³-hybridized carbons (Fsp3) is 0.480. The smallest absolute Gasteiger partial charge is 0.410 e. The molecule has 1 saturated heterocycles. The van der Waals surface area contributed by atoms with E-state index in [4.69, 9.17) is 14.5 Å². The third kappa shape index (κ3) is 5.09. The van der Waals surface area contributed by atoms with Crippen LogP contribution in [0.25, 0.3) is 17.0 Å². The van der Waals surface area contributed by atoms with Crippen molar-refractivity contribution in [3.63, 3.8) is 0 Å². The lowest BCUT2D eigenvalue weighted by Crippen LogP contribution is -2.36. The van der Waals surface area contributed by atoms with Crippen molar-refractivity contribution in [2.24, 2.45) is 0 Å². The van der Waals surface area contributed by atoms with E-state index in [2.05, 4.69) is 10.3 Å². The lowest BCUT2D eigenvalue weighted by molar-refractivity contribution is 0.0293. The van der Waals surface area contributed by atoms with Gasteiger partial charge < -0.3 is 24.8 Å². The molecule has 0 saturated carbocycles. The zero-order valence-corrected chi connectivity index (χ0v) is 20.6. The van der Waals surface area contributed by atoms with Gasteiger partial charge >= 0.3 is 6.09 Å². The Kier molecular flexibility index (Phi) is 6.16. The number of methoxy groups -OCH3 is 1. The third-order valence-corrected chi connectivity index (χ3v) is 5.69. The summed E-state index contributed by atoms with van der Waals surface area (Å²) in [4.78, 5) is 23.4. The van der Waals surface area contributed by atoms with Gasteiger partial charge in [-0.1, -0.05) is 6.07 Å². The summed E-state index contributed by atoms with van der Waals surface area (Å²) in [7, 11) is 1.58. The number of amides is 1. The SMILES string of the molecule is COc1cc2ncc(-c3cccc(NC4CCN(C(=O)OC(C)(C)C)C4)n3)n2cc1C(C)(C)O. The first kappa shape index (κ1) is 23.8. The van der Waals surface area contributed by atoms with Crippen LogP contribution in [0.4, 0.5) is 10.6 Å². The molecule has 9 nitrogen and oxygen atoms in total. The predicted molar refractivity (Wildman–Crippen MR) is 130 cm³/mol. The second kappa shape index (κ2) is 8.79. The quantitative estimate of drug-likeness (QED) is 0.584. The molecule has 0 spiro atoms. The predicted octanol–water partition coefficient (Wildman–Crippen LogP) is 4.05. The summed E-state index contributed by atoms with van der Waals surface area (Å²) in [5.74, 6) is 1.30. The van der Waals surface area contributed by atoms with Crippen molar-refractivity contribution in [3.05, 3.63) is 42.2 Å². The van der Waals surface area contributed by atoms with Gasteiger partial charge in [-0.3, -0.25) is 4.40 Å². The van der Waals surface area contributed by atoms with E-state index in [1.54, 1.807) is 32.1 Å². The van der Waals surface area contributed by atoms with Crippen molar-refractivity contribution in [2.75, 3.05) is 25.5 Å². The number of carbonyl (C=O) groups excluding carboxylic acids is 1. The first-order valence-electron chi connectivity index (χ1n) is 11.4. The number of hydrogen-bond donors (Lipinski definition) is 2. The Morgan fingerprint density at radius 2 is 2.00 bits per heavy atom. The first-order chi connectivity index (χ1) is 15.9. The Labute approximate surface area is 199 Å². The van der Waals surface area contributed by atoms with E-state index in [9.17, 15) is 9.90 Å². The van der Waals surface area contributed by atoms with Crippen LogP contribution in [-0.4, -0.2) is 62.3 Å². The molecule has 182 valence electrons. The maximum atomic E-state index is 12.4. The van der Waals surface area contributed by atoms with Crippen molar-refractivity contribution >= 4 is 17.6 Å². The van der Waals surface area contributed by atoms with E-state index >= 15 is 0 Å². The summed E-state index contributed by atoms with van der Waals surface area (Å²) < 4.78 is 12.9. The Balaban J connectivity index is 1.55. The Morgan fingerprint density at radius 1 is 1.24 bits per heavy atom. The zero-order valence-electron chi connectivity index (χ0n) is 20.6. The fourth-order valence-electron chi connectivity index (χ4n) is 4.06. The number of nitrogens with zero attached hydrogens (tertiary/aromatic N) is 4. The van der Waals surface area contributed by atoms with Gasteiger partial charge in [0.2, 0.25) is 0 Å². The van der Waals surface area contributed by atoms with Crippen molar-refractivity contribution in [1.29, 1.82) is 0 Å². The van der Waals surface area contributed by atoms with Crippen LogP contribution in [0.15, 0.2) is 36.7 Å². The molecule has 1 aliphatic rings. The molecule has 1 amide bonds. The number of rotatable bonds is 5. The van der Waals surface area contributed by atoms with E-state index in [1.807, 2.05) is 55.6 Å². The molecule has 1 unspecified atom stereocenters. The van der Waals surface area contributed by atoms with Crippen LogP contribution in [0.3, 0.4) is 0 Å². The highest BCUT2D eigenvalue weighted by Gasteiger charge is 2.30. The van der Waals surface area contributed by atoms with Crippen molar-refractivity contribution in [1.82, 2.24) is 19.3 Å². The molecule has 9 heteroatoms. The zero-order chi connectivity index (χ0) is 24.7. The van der Waals surface area contributed by atoms with Gasteiger partial charge in [0, 0.05) is 37.0 Å². The number of nitrogens with one attached hydrogen (secondary N) is 1. The van der Waals surface area contributed by atoms with E-state index < -0.39 is 11.2 Å². The van der Waals surface area contributed by atoms with Crippen LogP contribution < -0.4 is 10.1 Å². The van der Waals surface area contributed by atoms with E-state index in [0.717, 1.165) is 23.6 Å². The summed E-state index contributed by atoms with van der Waals surface area (Å²) in [5, 5.41) is 14.1. The number of carbonyl (C=O) groups is 1. The van der Waals surface area contributed by atoms with Crippen LogP contribution in [0.2, 0.25) is 0 Å². The molecule has 2 N–H and O–H groups in total. The number of imidazole rings is 1. The second-order valence-corrected chi connectivity index (χ2v) is 10.2. The van der Waals surface area contributed by atoms with Crippen LogP contribution in [0, 0.1) is 0 Å². The monoisotopic (exact) mass is 467 g/mol. The molecule has 3 aromatic heterocycles. The van der Waals surface area contributed by atoms with Crippen molar-refractivity contribution in [3.8, 4) is 17.1 Å². The van der Waals surface area contributed by atoms with Crippen LogP contribution in [-0.2, 0) is 10.3 Å². The highest BCUT2D eigenvalue weighted by Crippen LogP contribution is 2.32. The lowest BCUT2D eigenvalue weighted by Gasteiger charge is -2.24. The van der Waals surface area contributed by atoms with E-state index in [-0.39, 0.29) is 12.1 Å². The molecule has 0 aromatic carbocycles. The number of aromatic nitrogens is 3. The van der Waals surface area contributed by atoms with Crippen LogP contribution >= 0.6 is 0 Å². The summed E-state index contributed by atoms with van der Waals surface area (Å²) in [6.45, 7) is 10.2. The maximum Gasteiger partial charge on any atom is 0.410 e. The van der Waals surface area contributed by atoms with Gasteiger partial charge in [0.25, 0.3) is 0 Å². The van der Waals surface area contributed by atoms with Crippen LogP contribution in [0.1, 0.15) is 46.6 Å². The average molecular weight is 468 g/mol. The minimum atomic E-state index is -1.08. The fourth-order valence-corrected chi connectivity index (χ4v) is 4.06. The van der Waals surface area contributed by atoms with Gasteiger partial charge in [0.1, 0.15) is 22.8 Å². The molecule has 0 aliphatic carbocycles. The standard InChI is InChI=1S/C25H33N5O4/c1-24(2,3)34-23(31)29-11-10-16(14-29)27-21-9-7-8-18(28-21)19-13-26-22-12-20(33-6)17(15-30(19)22)25(4,5)32/h7-9,12-13,15-16,32H,10-11,14H2,1-6H3,(H,27,28). The number of hydrogen-bond acceptors (Lipinski definition) is 7. The van der Waals surface area contributed by atoms with E-state index in [1.165, 1.54) is 0 Å². The molecular weight excluding hydrogens is 434 g/mol. The van der Waals surface area contributed by atoms with Crippen molar-refractivity contribution in [2.45, 2.75) is 58.3 Å². The summed E-state index contributed by atoms with van der Waals surface area (Å²) >= 11 is 0. The number of anilines is 1. The second-order valence-electron chi connectivity index (χ2n) is 10.2. The van der Waals surface area contributed by atoms with Crippen LogP contribution in [0.5, 0.6) is 5.75 Å². The van der Waals surface area contributed by atoms with Gasteiger partial charge in [-0.15, -0.1) is 0 Å². The Hall–Kier alpha value is -3.33. The van der Waals surface area contributed by atoms with Crippen molar-refractivity contribution < 1.29 is 19.4 Å². The molecule has 1 aliphatic heterocycles. The Bertz CT molecular complexity index is 1190. The van der Waals surface area contributed by atoms with Gasteiger partial charge in [-0.25, -0.2) is 14.8 Å². The summed E-state index contributed by atoms with van der Waals surface area (Å²) in [5.41, 5.74) is 1.30.